The van der Waals surface area contributed by atoms with E-state index in [0.717, 1.165) is 0 Å². The van der Waals surface area contributed by atoms with E-state index in [2.05, 4.69) is 0 Å². The van der Waals surface area contributed by atoms with Gasteiger partial charge in [-0.2, -0.15) is 0 Å². The molecule has 0 amide bonds. The molecule has 1 rings (SSSR count). The maximum atomic E-state index is 13.3. The Balaban J connectivity index is 2.62. The first-order chi connectivity index (χ1) is 4.97. The van der Waals surface area contributed by atoms with Crippen LogP contribution in [0.1, 0.15) is 12.8 Å². The number of rotatable bonds is 1. The van der Waals surface area contributed by atoms with Crippen molar-refractivity contribution in [3.8, 4) is 0 Å². The average Bonchev–Trinajstić information content (AvgIpc) is 1.97. The van der Waals surface area contributed by atoms with E-state index in [9.17, 15) is 12.8 Å². The van der Waals surface area contributed by atoms with Crippen molar-refractivity contribution in [3.63, 3.8) is 0 Å². The van der Waals surface area contributed by atoms with Crippen molar-refractivity contribution in [2.45, 2.75) is 18.5 Å². The minimum absolute atomic E-state index is 0.0549. The largest absolute Gasteiger partial charge is 0.328 e. The topological polar surface area (TPSA) is 60.2 Å². The highest BCUT2D eigenvalue weighted by atomic mass is 32.2. The smallest absolute Gasteiger partial charge is 0.150 e. The molecular weight excluding hydrogens is 169 g/mol. The predicted octanol–water partition coefficient (Wildman–Crippen LogP) is -0.138. The molecule has 1 aliphatic heterocycles. The molecule has 0 aromatic rings. The minimum atomic E-state index is -2.96. The van der Waals surface area contributed by atoms with Gasteiger partial charge in [0.05, 0.1) is 11.5 Å². The van der Waals surface area contributed by atoms with E-state index in [0.29, 0.717) is 0 Å². The molecule has 0 spiro atoms. The van der Waals surface area contributed by atoms with Crippen LogP contribution in [0.4, 0.5) is 4.39 Å². The number of hydrogen-bond acceptors (Lipinski definition) is 3. The summed E-state index contributed by atoms with van der Waals surface area (Å²) < 4.78 is 34.9. The zero-order valence-corrected chi connectivity index (χ0v) is 7.03. The Morgan fingerprint density at radius 3 is 2.18 bits per heavy atom. The lowest BCUT2D eigenvalue weighted by Gasteiger charge is -2.27. The number of nitrogens with two attached hydrogens (primary N) is 1. The first-order valence-electron chi connectivity index (χ1n) is 3.57. The van der Waals surface area contributed by atoms with Crippen LogP contribution in [0, 0.1) is 0 Å². The van der Waals surface area contributed by atoms with Gasteiger partial charge >= 0.3 is 0 Å². The zero-order valence-electron chi connectivity index (χ0n) is 6.22. The van der Waals surface area contributed by atoms with Gasteiger partial charge in [-0.25, -0.2) is 12.8 Å². The van der Waals surface area contributed by atoms with E-state index >= 15 is 0 Å². The van der Waals surface area contributed by atoms with Crippen molar-refractivity contribution in [2.75, 3.05) is 18.1 Å². The van der Waals surface area contributed by atoms with Gasteiger partial charge in [0, 0.05) is 6.54 Å². The van der Waals surface area contributed by atoms with Gasteiger partial charge in [0.15, 0.2) is 9.84 Å². The summed E-state index contributed by atoms with van der Waals surface area (Å²) in [4.78, 5) is 0. The molecule has 0 aliphatic carbocycles. The van der Waals surface area contributed by atoms with Crippen LogP contribution >= 0.6 is 0 Å². The Bertz CT molecular complexity index is 223. The van der Waals surface area contributed by atoms with Crippen molar-refractivity contribution >= 4 is 9.84 Å². The fourth-order valence-electron chi connectivity index (χ4n) is 1.11. The summed E-state index contributed by atoms with van der Waals surface area (Å²) in [5.74, 6) is -0.110. The zero-order chi connectivity index (χ0) is 8.54. The quantitative estimate of drug-likeness (QED) is 0.612. The van der Waals surface area contributed by atoms with E-state index < -0.39 is 15.5 Å². The summed E-state index contributed by atoms with van der Waals surface area (Å²) in [7, 11) is -2.96. The van der Waals surface area contributed by atoms with Crippen LogP contribution in [-0.2, 0) is 9.84 Å². The molecule has 0 aromatic heterocycles. The molecule has 0 unspecified atom stereocenters. The van der Waals surface area contributed by atoms with Crippen LogP contribution in [0.5, 0.6) is 0 Å². The fraction of sp³-hybridized carbons (Fsp3) is 1.00. The van der Waals surface area contributed by atoms with E-state index in [-0.39, 0.29) is 30.9 Å². The van der Waals surface area contributed by atoms with Crippen LogP contribution in [0.25, 0.3) is 0 Å². The Morgan fingerprint density at radius 1 is 1.36 bits per heavy atom. The molecule has 5 heteroatoms. The van der Waals surface area contributed by atoms with Gasteiger partial charge in [0.25, 0.3) is 0 Å². The lowest BCUT2D eigenvalue weighted by atomic mass is 10.00. The Kier molecular flexibility index (Phi) is 2.20. The fourth-order valence-corrected chi connectivity index (χ4v) is 2.67. The van der Waals surface area contributed by atoms with Crippen molar-refractivity contribution in [1.82, 2.24) is 0 Å². The monoisotopic (exact) mass is 181 g/mol. The standard InChI is InChI=1S/C6H12FNO2S/c7-6(5-8)1-3-11(9,10)4-2-6/h1-5,8H2. The van der Waals surface area contributed by atoms with E-state index in [4.69, 9.17) is 5.73 Å². The second-order valence-corrected chi connectivity index (χ2v) is 5.31. The second kappa shape index (κ2) is 2.71. The van der Waals surface area contributed by atoms with Crippen molar-refractivity contribution in [2.24, 2.45) is 5.73 Å². The Hall–Kier alpha value is -0.160. The van der Waals surface area contributed by atoms with E-state index in [1.54, 1.807) is 0 Å². The molecule has 0 radical (unpaired) electrons. The molecule has 3 nitrogen and oxygen atoms in total. The molecule has 2 N–H and O–H groups in total. The third-order valence-corrected chi connectivity index (χ3v) is 3.74. The highest BCUT2D eigenvalue weighted by Gasteiger charge is 2.35. The van der Waals surface area contributed by atoms with E-state index in [1.165, 1.54) is 0 Å². The minimum Gasteiger partial charge on any atom is -0.328 e. The molecule has 66 valence electrons. The van der Waals surface area contributed by atoms with Gasteiger partial charge < -0.3 is 5.73 Å². The molecule has 1 heterocycles. The highest BCUT2D eigenvalue weighted by molar-refractivity contribution is 7.91. The second-order valence-electron chi connectivity index (χ2n) is 3.01. The molecule has 0 aromatic carbocycles. The summed E-state index contributed by atoms with van der Waals surface area (Å²) in [5.41, 5.74) is 3.73. The molecule has 11 heavy (non-hydrogen) atoms. The van der Waals surface area contributed by atoms with Gasteiger partial charge in [-0.1, -0.05) is 0 Å². The first kappa shape index (κ1) is 8.93. The third kappa shape index (κ3) is 2.13. The average molecular weight is 181 g/mol. The maximum absolute atomic E-state index is 13.3. The van der Waals surface area contributed by atoms with Gasteiger partial charge in [-0.15, -0.1) is 0 Å². The van der Waals surface area contributed by atoms with Gasteiger partial charge in [0.2, 0.25) is 0 Å². The maximum Gasteiger partial charge on any atom is 0.150 e. The number of halogens is 1. The number of sulfone groups is 1. The van der Waals surface area contributed by atoms with Crippen LogP contribution < -0.4 is 5.73 Å². The Morgan fingerprint density at radius 2 is 1.82 bits per heavy atom. The molecule has 1 saturated heterocycles. The Labute approximate surface area is 65.7 Å². The molecule has 0 atom stereocenters. The van der Waals surface area contributed by atoms with Crippen molar-refractivity contribution < 1.29 is 12.8 Å². The number of hydrogen-bond donors (Lipinski definition) is 1. The lowest BCUT2D eigenvalue weighted by Crippen LogP contribution is -2.41. The predicted molar refractivity (Wildman–Crippen MR) is 40.8 cm³/mol. The summed E-state index contributed by atoms with van der Waals surface area (Å²) >= 11 is 0. The number of alkyl halides is 1. The SMILES string of the molecule is NCC1(F)CCS(=O)(=O)CC1. The van der Waals surface area contributed by atoms with Crippen LogP contribution in [0.3, 0.4) is 0 Å². The third-order valence-electron chi connectivity index (χ3n) is 2.09. The lowest BCUT2D eigenvalue weighted by molar-refractivity contribution is 0.157. The summed E-state index contributed by atoms with van der Waals surface area (Å²) in [6.07, 6.45) is 0.123. The van der Waals surface area contributed by atoms with Crippen molar-refractivity contribution in [3.05, 3.63) is 0 Å². The summed E-state index contributed by atoms with van der Waals surface area (Å²) in [6.45, 7) is -0.0669. The first-order valence-corrected chi connectivity index (χ1v) is 5.39. The van der Waals surface area contributed by atoms with Gasteiger partial charge in [-0.05, 0) is 12.8 Å². The van der Waals surface area contributed by atoms with Gasteiger partial charge in [0.1, 0.15) is 5.67 Å². The van der Waals surface area contributed by atoms with Crippen LogP contribution in [0.2, 0.25) is 0 Å². The molecule has 1 fully saturated rings. The van der Waals surface area contributed by atoms with E-state index in [1.807, 2.05) is 0 Å². The van der Waals surface area contributed by atoms with Crippen LogP contribution in [0.15, 0.2) is 0 Å². The van der Waals surface area contributed by atoms with Crippen molar-refractivity contribution in [1.29, 1.82) is 0 Å². The molecule has 1 aliphatic rings. The summed E-state index contributed by atoms with van der Waals surface area (Å²) in [5, 5.41) is 0. The van der Waals surface area contributed by atoms with Gasteiger partial charge in [-0.3, -0.25) is 0 Å². The van der Waals surface area contributed by atoms with Crippen LogP contribution in [-0.4, -0.2) is 32.1 Å². The normalized spacial score (nSPS) is 28.2. The molecular formula is C6H12FNO2S. The summed E-state index contributed by atoms with van der Waals surface area (Å²) in [6, 6.07) is 0. The molecule has 0 saturated carbocycles. The highest BCUT2D eigenvalue weighted by Crippen LogP contribution is 2.26. The molecule has 0 bridgehead atoms.